The number of carbonyl (C=O) groups is 2. The summed E-state index contributed by atoms with van der Waals surface area (Å²) in [6.07, 6.45) is 2.19. The number of rotatable bonds is 6. The van der Waals surface area contributed by atoms with Gasteiger partial charge in [-0.25, -0.2) is 4.79 Å². The number of piperidine rings is 1. The topological polar surface area (TPSA) is 73.5 Å². The molecule has 0 aromatic heterocycles. The molecule has 0 bridgehead atoms. The molecular formula is C28H31BrN4O2. The quantitative estimate of drug-likeness (QED) is 0.324. The van der Waals surface area contributed by atoms with Crippen LogP contribution in [0.1, 0.15) is 48.7 Å². The van der Waals surface area contributed by atoms with Crippen LogP contribution in [-0.2, 0) is 0 Å². The highest BCUT2D eigenvalue weighted by molar-refractivity contribution is 9.10. The van der Waals surface area contributed by atoms with Crippen molar-refractivity contribution < 1.29 is 9.59 Å². The van der Waals surface area contributed by atoms with Crippen molar-refractivity contribution in [2.45, 2.75) is 32.7 Å². The molecular weight excluding hydrogens is 504 g/mol. The van der Waals surface area contributed by atoms with E-state index < -0.39 is 0 Å². The van der Waals surface area contributed by atoms with Gasteiger partial charge in [0.05, 0.1) is 11.6 Å². The summed E-state index contributed by atoms with van der Waals surface area (Å²) in [6, 6.07) is 22.3. The lowest BCUT2D eigenvalue weighted by molar-refractivity contribution is 0.0940. The van der Waals surface area contributed by atoms with Crippen molar-refractivity contribution in [2.75, 3.05) is 28.6 Å². The molecule has 0 spiro atoms. The second-order valence-corrected chi connectivity index (χ2v) is 10.0. The Bertz CT molecular complexity index is 1160. The molecule has 1 unspecified atom stereocenters. The average Bonchev–Trinajstić information content (AvgIpc) is 2.86. The first kappa shape index (κ1) is 24.8. The first-order valence-electron chi connectivity index (χ1n) is 12.0. The molecule has 1 atom stereocenters. The number of urea groups is 1. The highest BCUT2D eigenvalue weighted by Gasteiger charge is 2.23. The fourth-order valence-corrected chi connectivity index (χ4v) is 4.51. The van der Waals surface area contributed by atoms with Gasteiger partial charge < -0.3 is 20.9 Å². The van der Waals surface area contributed by atoms with Crippen LogP contribution in [0.15, 0.2) is 77.3 Å². The highest BCUT2D eigenvalue weighted by Crippen LogP contribution is 2.29. The van der Waals surface area contributed by atoms with Crippen molar-refractivity contribution in [1.82, 2.24) is 5.32 Å². The van der Waals surface area contributed by atoms with E-state index in [2.05, 4.69) is 43.7 Å². The largest absolute Gasteiger partial charge is 0.371 e. The minimum atomic E-state index is -0.365. The van der Waals surface area contributed by atoms with Crippen LogP contribution in [0.2, 0.25) is 0 Å². The van der Waals surface area contributed by atoms with Crippen molar-refractivity contribution >= 4 is 44.9 Å². The summed E-state index contributed by atoms with van der Waals surface area (Å²) in [5, 5.41) is 8.81. The molecule has 3 amide bonds. The zero-order valence-corrected chi connectivity index (χ0v) is 21.6. The minimum absolute atomic E-state index is 0.143. The summed E-state index contributed by atoms with van der Waals surface area (Å²) in [7, 11) is 0. The number of amides is 3. The molecule has 1 aliphatic rings. The molecule has 35 heavy (non-hydrogen) atoms. The molecule has 1 saturated heterocycles. The van der Waals surface area contributed by atoms with Gasteiger partial charge in [0.25, 0.3) is 5.91 Å². The lowest BCUT2D eigenvalue weighted by Gasteiger charge is -2.33. The third-order valence-corrected chi connectivity index (χ3v) is 6.90. The summed E-state index contributed by atoms with van der Waals surface area (Å²) in [5.74, 6) is 0.525. The van der Waals surface area contributed by atoms with E-state index in [1.54, 1.807) is 6.07 Å². The highest BCUT2D eigenvalue weighted by atomic mass is 79.9. The summed E-state index contributed by atoms with van der Waals surface area (Å²) in [6.45, 7) is 6.06. The molecule has 3 aromatic rings. The fourth-order valence-electron chi connectivity index (χ4n) is 4.25. The van der Waals surface area contributed by atoms with Crippen LogP contribution in [0, 0.1) is 5.92 Å². The summed E-state index contributed by atoms with van der Waals surface area (Å²) in [4.78, 5) is 28.3. The first-order chi connectivity index (χ1) is 16.9. The standard InChI is InChI=1S/C28H31BrN4O2/c1-19-14-16-33(17-15-19)26-13-12-24(32-28(35)31-23-10-8-22(29)9-11-23)18-25(26)27(34)30-20(2)21-6-4-3-5-7-21/h3-13,18-20H,14-17H2,1-2H3,(H,30,34)(H2,31,32,35). The maximum Gasteiger partial charge on any atom is 0.323 e. The average molecular weight is 535 g/mol. The molecule has 1 aliphatic heterocycles. The van der Waals surface area contributed by atoms with Gasteiger partial charge in [-0.05, 0) is 73.7 Å². The Labute approximate surface area is 215 Å². The van der Waals surface area contributed by atoms with E-state index in [9.17, 15) is 9.59 Å². The SMILES string of the molecule is CC1CCN(c2ccc(NC(=O)Nc3ccc(Br)cc3)cc2C(=O)NC(C)c2ccccc2)CC1. The number of nitrogens with zero attached hydrogens (tertiary/aromatic N) is 1. The monoisotopic (exact) mass is 534 g/mol. The van der Waals surface area contributed by atoms with E-state index in [1.807, 2.05) is 73.7 Å². The van der Waals surface area contributed by atoms with Gasteiger partial charge in [-0.3, -0.25) is 4.79 Å². The van der Waals surface area contributed by atoms with Crippen LogP contribution < -0.4 is 20.9 Å². The van der Waals surface area contributed by atoms with Crippen molar-refractivity contribution in [3.63, 3.8) is 0 Å². The lowest BCUT2D eigenvalue weighted by atomic mass is 9.97. The van der Waals surface area contributed by atoms with E-state index in [1.165, 1.54) is 0 Å². The number of anilines is 3. The maximum atomic E-state index is 13.4. The number of nitrogens with one attached hydrogen (secondary N) is 3. The molecule has 3 aromatic carbocycles. The van der Waals surface area contributed by atoms with E-state index in [-0.39, 0.29) is 18.0 Å². The van der Waals surface area contributed by atoms with Crippen LogP contribution in [0.3, 0.4) is 0 Å². The van der Waals surface area contributed by atoms with Gasteiger partial charge in [0.15, 0.2) is 0 Å². The maximum absolute atomic E-state index is 13.4. The van der Waals surface area contributed by atoms with Gasteiger partial charge in [0.1, 0.15) is 0 Å². The minimum Gasteiger partial charge on any atom is -0.371 e. The number of carbonyl (C=O) groups excluding carboxylic acids is 2. The van der Waals surface area contributed by atoms with E-state index in [0.29, 0.717) is 22.9 Å². The fraction of sp³-hybridized carbons (Fsp3) is 0.286. The zero-order chi connectivity index (χ0) is 24.8. The Balaban J connectivity index is 1.54. The Morgan fingerprint density at radius 2 is 1.54 bits per heavy atom. The summed E-state index contributed by atoms with van der Waals surface area (Å²) < 4.78 is 0.937. The van der Waals surface area contributed by atoms with E-state index >= 15 is 0 Å². The summed E-state index contributed by atoms with van der Waals surface area (Å²) >= 11 is 3.39. The Morgan fingerprint density at radius 3 is 2.23 bits per heavy atom. The number of hydrogen-bond acceptors (Lipinski definition) is 3. The van der Waals surface area contributed by atoms with Crippen LogP contribution in [0.25, 0.3) is 0 Å². The van der Waals surface area contributed by atoms with Crippen LogP contribution >= 0.6 is 15.9 Å². The Hall–Kier alpha value is -3.32. The molecule has 182 valence electrons. The van der Waals surface area contributed by atoms with E-state index in [0.717, 1.165) is 41.7 Å². The lowest BCUT2D eigenvalue weighted by Crippen LogP contribution is -2.35. The predicted octanol–water partition coefficient (Wildman–Crippen LogP) is 6.82. The van der Waals surface area contributed by atoms with Gasteiger partial charge in [-0.15, -0.1) is 0 Å². The predicted molar refractivity (Wildman–Crippen MR) is 146 cm³/mol. The summed E-state index contributed by atoms with van der Waals surface area (Å²) in [5.41, 5.74) is 3.74. The van der Waals surface area contributed by atoms with Crippen molar-refractivity contribution in [1.29, 1.82) is 0 Å². The van der Waals surface area contributed by atoms with E-state index in [4.69, 9.17) is 0 Å². The molecule has 7 heteroatoms. The second-order valence-electron chi connectivity index (χ2n) is 9.09. The Morgan fingerprint density at radius 1 is 0.914 bits per heavy atom. The van der Waals surface area contributed by atoms with Crippen LogP contribution in [0.5, 0.6) is 0 Å². The Kier molecular flexibility index (Phi) is 8.08. The molecule has 6 nitrogen and oxygen atoms in total. The van der Waals surface area contributed by atoms with Crippen molar-refractivity contribution in [2.24, 2.45) is 5.92 Å². The third kappa shape index (κ3) is 6.63. The third-order valence-electron chi connectivity index (χ3n) is 6.37. The molecule has 3 N–H and O–H groups in total. The smallest absolute Gasteiger partial charge is 0.323 e. The van der Waals surface area contributed by atoms with Gasteiger partial charge in [-0.1, -0.05) is 53.2 Å². The number of hydrogen-bond donors (Lipinski definition) is 3. The van der Waals surface area contributed by atoms with Crippen molar-refractivity contribution in [3.8, 4) is 0 Å². The van der Waals surface area contributed by atoms with Gasteiger partial charge >= 0.3 is 6.03 Å². The van der Waals surface area contributed by atoms with Crippen LogP contribution in [-0.4, -0.2) is 25.0 Å². The van der Waals surface area contributed by atoms with Crippen LogP contribution in [0.4, 0.5) is 21.9 Å². The van der Waals surface area contributed by atoms with Gasteiger partial charge in [0, 0.05) is 34.6 Å². The molecule has 0 radical (unpaired) electrons. The molecule has 0 saturated carbocycles. The zero-order valence-electron chi connectivity index (χ0n) is 20.1. The normalized spacial score (nSPS) is 14.8. The number of halogens is 1. The molecule has 0 aliphatic carbocycles. The molecule has 1 heterocycles. The molecule has 1 fully saturated rings. The van der Waals surface area contributed by atoms with Gasteiger partial charge in [-0.2, -0.15) is 0 Å². The number of benzene rings is 3. The second kappa shape index (κ2) is 11.4. The van der Waals surface area contributed by atoms with Gasteiger partial charge in [0.2, 0.25) is 0 Å². The first-order valence-corrected chi connectivity index (χ1v) is 12.8. The van der Waals surface area contributed by atoms with Crippen molar-refractivity contribution in [3.05, 3.63) is 88.4 Å². The molecule has 4 rings (SSSR count).